The Kier molecular flexibility index (Phi) is 5.23. The first-order valence-corrected chi connectivity index (χ1v) is 9.25. The third kappa shape index (κ3) is 4.38. The average molecular weight is 426 g/mol. The zero-order valence-electron chi connectivity index (χ0n) is 15.1. The average Bonchev–Trinajstić information content (AvgIpc) is 3.27. The molecule has 0 amide bonds. The SMILES string of the molecule is Fc1ccc(CC2=NCN(CCc3c[nH]c4ccc(Cl)cc34)O2)c(C(F)(F)F)c1. The molecular weight excluding hydrogens is 410 g/mol. The van der Waals surface area contributed by atoms with E-state index in [1.807, 2.05) is 18.3 Å². The normalized spacial score (nSPS) is 15.0. The number of alkyl halides is 3. The highest BCUT2D eigenvalue weighted by molar-refractivity contribution is 6.31. The quantitative estimate of drug-likeness (QED) is 0.558. The summed E-state index contributed by atoms with van der Waals surface area (Å²) in [5.41, 5.74) is 0.931. The maximum absolute atomic E-state index is 13.2. The van der Waals surface area contributed by atoms with E-state index in [2.05, 4.69) is 9.98 Å². The van der Waals surface area contributed by atoms with Crippen molar-refractivity contribution in [2.45, 2.75) is 19.0 Å². The number of halogens is 5. The molecule has 4 nitrogen and oxygen atoms in total. The Morgan fingerprint density at radius 2 is 1.97 bits per heavy atom. The fourth-order valence-electron chi connectivity index (χ4n) is 3.30. The minimum absolute atomic E-state index is 0.0780. The number of hydrogen-bond donors (Lipinski definition) is 1. The third-order valence-electron chi connectivity index (χ3n) is 4.72. The van der Waals surface area contributed by atoms with Gasteiger partial charge in [-0.15, -0.1) is 5.06 Å². The van der Waals surface area contributed by atoms with Crippen molar-refractivity contribution in [2.75, 3.05) is 13.2 Å². The number of rotatable bonds is 5. The van der Waals surface area contributed by atoms with E-state index in [4.69, 9.17) is 16.4 Å². The molecule has 0 saturated carbocycles. The molecule has 0 atom stereocenters. The van der Waals surface area contributed by atoms with Gasteiger partial charge in [0.25, 0.3) is 0 Å². The van der Waals surface area contributed by atoms with Crippen LogP contribution < -0.4 is 0 Å². The Labute approximate surface area is 168 Å². The lowest BCUT2D eigenvalue weighted by Crippen LogP contribution is -2.24. The number of aliphatic imine (C=N–C) groups is 1. The van der Waals surface area contributed by atoms with Crippen molar-refractivity contribution >= 4 is 28.4 Å². The number of aromatic nitrogens is 1. The fourth-order valence-corrected chi connectivity index (χ4v) is 3.47. The predicted molar refractivity (Wildman–Crippen MR) is 102 cm³/mol. The van der Waals surface area contributed by atoms with Crippen molar-refractivity contribution in [1.82, 2.24) is 10.0 Å². The van der Waals surface area contributed by atoms with Gasteiger partial charge in [0.1, 0.15) is 12.5 Å². The van der Waals surface area contributed by atoms with Gasteiger partial charge >= 0.3 is 6.18 Å². The summed E-state index contributed by atoms with van der Waals surface area (Å²) in [6, 6.07) is 8.18. The van der Waals surface area contributed by atoms with Gasteiger partial charge in [0, 0.05) is 28.7 Å². The Hall–Kier alpha value is -2.58. The summed E-state index contributed by atoms with van der Waals surface area (Å²) >= 11 is 6.05. The largest absolute Gasteiger partial charge is 0.416 e. The van der Waals surface area contributed by atoms with Crippen LogP contribution in [0, 0.1) is 5.82 Å². The van der Waals surface area contributed by atoms with Crippen LogP contribution in [-0.4, -0.2) is 29.2 Å². The van der Waals surface area contributed by atoms with Crippen LogP contribution in [0.15, 0.2) is 47.6 Å². The molecule has 2 aromatic carbocycles. The van der Waals surface area contributed by atoms with Crippen LogP contribution in [0.1, 0.15) is 16.7 Å². The van der Waals surface area contributed by atoms with E-state index in [0.717, 1.165) is 28.6 Å². The second kappa shape index (κ2) is 7.68. The van der Waals surface area contributed by atoms with Gasteiger partial charge in [-0.25, -0.2) is 9.38 Å². The predicted octanol–water partition coefficient (Wildman–Crippen LogP) is 5.37. The highest BCUT2D eigenvalue weighted by atomic mass is 35.5. The van der Waals surface area contributed by atoms with Crippen molar-refractivity contribution in [3.8, 4) is 0 Å². The molecule has 1 N–H and O–H groups in total. The number of benzene rings is 2. The molecule has 0 fully saturated rings. The summed E-state index contributed by atoms with van der Waals surface area (Å²) in [5, 5.41) is 3.23. The number of aromatic amines is 1. The van der Waals surface area contributed by atoms with Gasteiger partial charge in [-0.1, -0.05) is 17.7 Å². The van der Waals surface area contributed by atoms with Crippen LogP contribution in [0.5, 0.6) is 0 Å². The summed E-state index contributed by atoms with van der Waals surface area (Å²) < 4.78 is 52.7. The molecule has 2 heterocycles. The van der Waals surface area contributed by atoms with Crippen molar-refractivity contribution in [3.63, 3.8) is 0 Å². The van der Waals surface area contributed by atoms with Gasteiger partial charge in [-0.2, -0.15) is 13.2 Å². The van der Waals surface area contributed by atoms with Gasteiger partial charge in [-0.3, -0.25) is 0 Å². The number of nitrogens with zero attached hydrogens (tertiary/aromatic N) is 2. The van der Waals surface area contributed by atoms with Crippen LogP contribution in [0.2, 0.25) is 5.02 Å². The smallest absolute Gasteiger partial charge is 0.388 e. The van der Waals surface area contributed by atoms with E-state index < -0.39 is 17.6 Å². The van der Waals surface area contributed by atoms with Gasteiger partial charge in [0.05, 0.1) is 12.0 Å². The molecule has 29 heavy (non-hydrogen) atoms. The number of hydrogen-bond acceptors (Lipinski definition) is 3. The van der Waals surface area contributed by atoms with Crippen molar-refractivity contribution < 1.29 is 22.4 Å². The molecule has 1 aromatic heterocycles. The van der Waals surface area contributed by atoms with E-state index in [1.165, 1.54) is 0 Å². The molecule has 0 unspecified atom stereocenters. The van der Waals surface area contributed by atoms with Gasteiger partial charge < -0.3 is 9.82 Å². The number of H-pyrrole nitrogens is 1. The monoisotopic (exact) mass is 425 g/mol. The number of hydroxylamine groups is 2. The Morgan fingerprint density at radius 1 is 1.14 bits per heavy atom. The van der Waals surface area contributed by atoms with Crippen LogP contribution in [0.4, 0.5) is 17.6 Å². The highest BCUT2D eigenvalue weighted by Gasteiger charge is 2.34. The molecule has 0 spiro atoms. The summed E-state index contributed by atoms with van der Waals surface area (Å²) in [4.78, 5) is 12.9. The Balaban J connectivity index is 1.39. The number of nitrogens with one attached hydrogen (secondary N) is 1. The summed E-state index contributed by atoms with van der Waals surface area (Å²) in [6.07, 6.45) is -2.26. The van der Waals surface area contributed by atoms with Crippen molar-refractivity contribution in [3.05, 3.63) is 70.1 Å². The molecule has 0 bridgehead atoms. The third-order valence-corrected chi connectivity index (χ3v) is 4.95. The summed E-state index contributed by atoms with van der Waals surface area (Å²) in [6.45, 7) is 0.725. The number of fused-ring (bicyclic) bond motifs is 1. The van der Waals surface area contributed by atoms with E-state index in [9.17, 15) is 17.6 Å². The molecule has 4 rings (SSSR count). The first kappa shape index (κ1) is 19.7. The van der Waals surface area contributed by atoms with E-state index in [1.54, 1.807) is 11.1 Å². The molecule has 1 aliphatic rings. The van der Waals surface area contributed by atoms with E-state index >= 15 is 0 Å². The van der Waals surface area contributed by atoms with Crippen LogP contribution in [0.25, 0.3) is 10.9 Å². The molecule has 152 valence electrons. The summed E-state index contributed by atoms with van der Waals surface area (Å²) in [7, 11) is 0. The zero-order valence-corrected chi connectivity index (χ0v) is 15.8. The molecule has 3 aromatic rings. The van der Waals surface area contributed by atoms with Crippen LogP contribution >= 0.6 is 11.6 Å². The van der Waals surface area contributed by atoms with Crippen LogP contribution in [0.3, 0.4) is 0 Å². The topological polar surface area (TPSA) is 40.6 Å². The fraction of sp³-hybridized carbons (Fsp3) is 0.250. The van der Waals surface area contributed by atoms with E-state index in [0.29, 0.717) is 24.1 Å². The zero-order chi connectivity index (χ0) is 20.6. The van der Waals surface area contributed by atoms with E-state index in [-0.39, 0.29) is 24.6 Å². The first-order valence-electron chi connectivity index (χ1n) is 8.87. The van der Waals surface area contributed by atoms with Gasteiger partial charge in [0.15, 0.2) is 0 Å². The molecule has 9 heteroatoms. The molecular formula is C20H16ClF4N3O. The van der Waals surface area contributed by atoms with Gasteiger partial charge in [-0.05, 0) is 47.9 Å². The highest BCUT2D eigenvalue weighted by Crippen LogP contribution is 2.33. The summed E-state index contributed by atoms with van der Waals surface area (Å²) in [5.74, 6) is -0.764. The Morgan fingerprint density at radius 3 is 2.76 bits per heavy atom. The maximum atomic E-state index is 13.2. The molecule has 0 radical (unpaired) electrons. The molecule has 0 saturated heterocycles. The standard InChI is InChI=1S/C20H16ClF4N3O/c21-14-2-4-18-16(8-14)13(10-26-18)5-6-28-11-27-19(29-28)7-12-1-3-15(22)9-17(12)20(23,24)25/h1-4,8-10,26H,5-7,11H2. The minimum atomic E-state index is -4.65. The lowest BCUT2D eigenvalue weighted by Gasteiger charge is -2.16. The lowest BCUT2D eigenvalue weighted by molar-refractivity contribution is -0.138. The first-order chi connectivity index (χ1) is 13.8. The molecule has 0 aliphatic carbocycles. The van der Waals surface area contributed by atoms with Crippen LogP contribution in [-0.2, 0) is 23.9 Å². The van der Waals surface area contributed by atoms with Gasteiger partial charge in [0.2, 0.25) is 5.90 Å². The van der Waals surface area contributed by atoms with Crippen molar-refractivity contribution in [2.24, 2.45) is 4.99 Å². The maximum Gasteiger partial charge on any atom is 0.416 e. The van der Waals surface area contributed by atoms with Crippen molar-refractivity contribution in [1.29, 1.82) is 0 Å². The second-order valence-electron chi connectivity index (χ2n) is 6.72. The Bertz CT molecular complexity index is 1080. The lowest BCUT2D eigenvalue weighted by atomic mass is 10.0. The minimum Gasteiger partial charge on any atom is -0.388 e. The molecule has 1 aliphatic heterocycles. The second-order valence-corrected chi connectivity index (χ2v) is 7.16.